The van der Waals surface area contributed by atoms with Gasteiger partial charge in [-0.25, -0.2) is 0 Å². The van der Waals surface area contributed by atoms with Crippen LogP contribution in [0.5, 0.6) is 0 Å². The molecule has 0 spiro atoms. The van der Waals surface area contributed by atoms with Gasteiger partial charge >= 0.3 is 0 Å². The number of rotatable bonds is 5. The van der Waals surface area contributed by atoms with Gasteiger partial charge < -0.3 is 15.5 Å². The number of hydrogen-bond donors (Lipinski definition) is 2. The Kier molecular flexibility index (Phi) is 6.17. The van der Waals surface area contributed by atoms with Crippen LogP contribution in [0.3, 0.4) is 0 Å². The molecular weight excluding hydrogens is 318 g/mol. The first-order valence-corrected chi connectivity index (χ1v) is 8.68. The molecule has 0 saturated carbocycles. The summed E-state index contributed by atoms with van der Waals surface area (Å²) >= 11 is 0. The maximum atomic E-state index is 12.5. The van der Waals surface area contributed by atoms with Crippen molar-refractivity contribution in [2.75, 3.05) is 18.4 Å². The van der Waals surface area contributed by atoms with Gasteiger partial charge in [0.1, 0.15) is 6.04 Å². The van der Waals surface area contributed by atoms with Crippen molar-refractivity contribution in [3.63, 3.8) is 0 Å². The number of benzene rings is 1. The maximum absolute atomic E-state index is 12.5. The number of amides is 3. The van der Waals surface area contributed by atoms with Crippen LogP contribution in [0.1, 0.15) is 40.0 Å². The Balaban J connectivity index is 1.88. The van der Waals surface area contributed by atoms with Crippen LogP contribution in [0.2, 0.25) is 0 Å². The monoisotopic (exact) mass is 345 g/mol. The van der Waals surface area contributed by atoms with Crippen LogP contribution in [0.15, 0.2) is 30.3 Å². The van der Waals surface area contributed by atoms with Crippen molar-refractivity contribution in [3.8, 4) is 0 Å². The molecule has 1 heterocycles. The first-order chi connectivity index (χ1) is 11.8. The van der Waals surface area contributed by atoms with Crippen molar-refractivity contribution in [1.82, 2.24) is 10.2 Å². The van der Waals surface area contributed by atoms with Crippen molar-refractivity contribution < 1.29 is 14.4 Å². The highest BCUT2D eigenvalue weighted by atomic mass is 16.2. The molecule has 1 atom stereocenters. The fourth-order valence-electron chi connectivity index (χ4n) is 2.90. The summed E-state index contributed by atoms with van der Waals surface area (Å²) in [5.41, 5.74) is 0.587. The zero-order valence-corrected chi connectivity index (χ0v) is 15.2. The second-order valence-corrected chi connectivity index (χ2v) is 7.61. The largest absolute Gasteiger partial charge is 0.347 e. The first kappa shape index (κ1) is 19.0. The van der Waals surface area contributed by atoms with Crippen LogP contribution in [0.4, 0.5) is 5.69 Å². The lowest BCUT2D eigenvalue weighted by molar-refractivity contribution is -0.137. The molecular formula is C19H27N3O3. The van der Waals surface area contributed by atoms with E-state index in [1.165, 1.54) is 0 Å². The topological polar surface area (TPSA) is 78.5 Å². The van der Waals surface area contributed by atoms with E-state index in [1.54, 1.807) is 4.90 Å². The Hall–Kier alpha value is -2.37. The van der Waals surface area contributed by atoms with Gasteiger partial charge in [-0.05, 0) is 30.4 Å². The molecule has 1 aliphatic heterocycles. The molecule has 1 aliphatic rings. The predicted molar refractivity (Wildman–Crippen MR) is 96.9 cm³/mol. The maximum Gasteiger partial charge on any atom is 0.247 e. The molecule has 6 heteroatoms. The summed E-state index contributed by atoms with van der Waals surface area (Å²) < 4.78 is 0. The molecule has 1 aromatic rings. The van der Waals surface area contributed by atoms with Crippen LogP contribution in [0, 0.1) is 5.41 Å². The fraction of sp³-hybridized carbons (Fsp3) is 0.526. The SMILES string of the molecule is CC(C)(C)CC(=O)NCC(=O)N1CCCC1C(=O)Nc1ccccc1. The number of hydrogen-bond acceptors (Lipinski definition) is 3. The van der Waals surface area contributed by atoms with Crippen molar-refractivity contribution in [2.24, 2.45) is 5.41 Å². The molecule has 1 fully saturated rings. The summed E-state index contributed by atoms with van der Waals surface area (Å²) in [6.45, 7) is 6.39. The third kappa shape index (κ3) is 5.89. The molecule has 6 nitrogen and oxygen atoms in total. The molecule has 0 radical (unpaired) electrons. The molecule has 0 bridgehead atoms. The highest BCUT2D eigenvalue weighted by Gasteiger charge is 2.34. The highest BCUT2D eigenvalue weighted by molar-refractivity contribution is 5.98. The van der Waals surface area contributed by atoms with E-state index in [0.29, 0.717) is 25.1 Å². The number of para-hydroxylation sites is 1. The molecule has 25 heavy (non-hydrogen) atoms. The number of nitrogens with one attached hydrogen (secondary N) is 2. The van der Waals surface area contributed by atoms with E-state index < -0.39 is 6.04 Å². The van der Waals surface area contributed by atoms with Gasteiger partial charge in [0.05, 0.1) is 6.54 Å². The molecule has 1 saturated heterocycles. The molecule has 0 aliphatic carbocycles. The van der Waals surface area contributed by atoms with Crippen molar-refractivity contribution in [2.45, 2.75) is 46.1 Å². The van der Waals surface area contributed by atoms with Gasteiger partial charge in [-0.15, -0.1) is 0 Å². The summed E-state index contributed by atoms with van der Waals surface area (Å²) in [7, 11) is 0. The van der Waals surface area contributed by atoms with Gasteiger partial charge in [0, 0.05) is 18.7 Å². The summed E-state index contributed by atoms with van der Waals surface area (Å²) in [5.74, 6) is -0.545. The number of likely N-dealkylation sites (tertiary alicyclic amines) is 1. The van der Waals surface area contributed by atoms with E-state index in [-0.39, 0.29) is 29.7 Å². The van der Waals surface area contributed by atoms with Crippen molar-refractivity contribution in [3.05, 3.63) is 30.3 Å². The highest BCUT2D eigenvalue weighted by Crippen LogP contribution is 2.20. The quantitative estimate of drug-likeness (QED) is 0.858. The second kappa shape index (κ2) is 8.14. The number of carbonyl (C=O) groups excluding carboxylic acids is 3. The Bertz CT molecular complexity index is 623. The molecule has 136 valence electrons. The van der Waals surface area contributed by atoms with E-state index in [1.807, 2.05) is 51.1 Å². The van der Waals surface area contributed by atoms with Crippen LogP contribution < -0.4 is 10.6 Å². The molecule has 2 N–H and O–H groups in total. The number of nitrogens with zero attached hydrogens (tertiary/aromatic N) is 1. The van der Waals surface area contributed by atoms with E-state index in [9.17, 15) is 14.4 Å². The van der Waals surface area contributed by atoms with Gasteiger partial charge in [0.25, 0.3) is 0 Å². The number of carbonyl (C=O) groups is 3. The molecule has 0 aromatic heterocycles. The summed E-state index contributed by atoms with van der Waals surface area (Å²) in [5, 5.41) is 5.51. The van der Waals surface area contributed by atoms with Gasteiger partial charge in [-0.3, -0.25) is 14.4 Å². The van der Waals surface area contributed by atoms with Gasteiger partial charge in [0.2, 0.25) is 17.7 Å². The van der Waals surface area contributed by atoms with Gasteiger partial charge in [-0.1, -0.05) is 39.0 Å². The Morgan fingerprint density at radius 2 is 1.84 bits per heavy atom. The zero-order valence-electron chi connectivity index (χ0n) is 15.2. The minimum atomic E-state index is -0.479. The Morgan fingerprint density at radius 1 is 1.16 bits per heavy atom. The van der Waals surface area contributed by atoms with Crippen LogP contribution in [-0.2, 0) is 14.4 Å². The van der Waals surface area contributed by atoms with E-state index in [0.717, 1.165) is 6.42 Å². The standard InChI is InChI=1S/C19H27N3O3/c1-19(2,3)12-16(23)20-13-17(24)22-11-7-10-15(22)18(25)21-14-8-5-4-6-9-14/h4-6,8-9,15H,7,10-13H2,1-3H3,(H,20,23)(H,21,25). The third-order valence-corrected chi connectivity index (χ3v) is 4.04. The average Bonchev–Trinajstić information content (AvgIpc) is 3.01. The first-order valence-electron chi connectivity index (χ1n) is 8.68. The van der Waals surface area contributed by atoms with E-state index in [2.05, 4.69) is 10.6 Å². The second-order valence-electron chi connectivity index (χ2n) is 7.61. The smallest absolute Gasteiger partial charge is 0.247 e. The molecule has 1 aromatic carbocycles. The third-order valence-electron chi connectivity index (χ3n) is 4.04. The van der Waals surface area contributed by atoms with Gasteiger partial charge in [0.15, 0.2) is 0 Å². The fourth-order valence-corrected chi connectivity index (χ4v) is 2.90. The lowest BCUT2D eigenvalue weighted by atomic mass is 9.92. The van der Waals surface area contributed by atoms with E-state index in [4.69, 9.17) is 0 Å². The number of anilines is 1. The normalized spacial score (nSPS) is 17.2. The minimum absolute atomic E-state index is 0.0654. The Morgan fingerprint density at radius 3 is 2.48 bits per heavy atom. The summed E-state index contributed by atoms with van der Waals surface area (Å²) in [6.07, 6.45) is 1.78. The van der Waals surface area contributed by atoms with Crippen LogP contribution >= 0.6 is 0 Å². The molecule has 2 rings (SSSR count). The molecule has 3 amide bonds. The van der Waals surface area contributed by atoms with Crippen LogP contribution in [-0.4, -0.2) is 41.8 Å². The minimum Gasteiger partial charge on any atom is -0.347 e. The van der Waals surface area contributed by atoms with Gasteiger partial charge in [-0.2, -0.15) is 0 Å². The zero-order chi connectivity index (χ0) is 18.4. The lowest BCUT2D eigenvalue weighted by Crippen LogP contribution is -2.47. The van der Waals surface area contributed by atoms with Crippen LogP contribution in [0.25, 0.3) is 0 Å². The van der Waals surface area contributed by atoms with E-state index >= 15 is 0 Å². The van der Waals surface area contributed by atoms with Crippen molar-refractivity contribution >= 4 is 23.4 Å². The van der Waals surface area contributed by atoms with Crippen molar-refractivity contribution in [1.29, 1.82) is 0 Å². The molecule has 1 unspecified atom stereocenters. The Labute approximate surface area is 149 Å². The average molecular weight is 345 g/mol. The lowest BCUT2D eigenvalue weighted by Gasteiger charge is -2.24. The predicted octanol–water partition coefficient (Wildman–Crippen LogP) is 2.17. The summed E-state index contributed by atoms with van der Waals surface area (Å²) in [6, 6.07) is 8.71. The summed E-state index contributed by atoms with van der Waals surface area (Å²) in [4.78, 5) is 38.3.